The van der Waals surface area contributed by atoms with Crippen molar-refractivity contribution in [1.82, 2.24) is 10.2 Å². The number of nitrogen functional groups attached to an aromatic ring is 1. The molecule has 20 heavy (non-hydrogen) atoms. The molecule has 0 bridgehead atoms. The summed E-state index contributed by atoms with van der Waals surface area (Å²) >= 11 is 0. The highest BCUT2D eigenvalue weighted by Crippen LogP contribution is 2.10. The van der Waals surface area contributed by atoms with E-state index in [-0.39, 0.29) is 24.9 Å². The van der Waals surface area contributed by atoms with Gasteiger partial charge in [-0.3, -0.25) is 14.5 Å². The summed E-state index contributed by atoms with van der Waals surface area (Å²) in [6.45, 7) is 3.11. The average molecular weight is 278 g/mol. The zero-order valence-corrected chi connectivity index (χ0v) is 12.0. The summed E-state index contributed by atoms with van der Waals surface area (Å²) in [7, 11) is 1.58. The minimum atomic E-state index is -0.146. The Morgan fingerprint density at radius 2 is 1.75 bits per heavy atom. The highest BCUT2D eigenvalue weighted by molar-refractivity contribution is 5.92. The van der Waals surface area contributed by atoms with Crippen molar-refractivity contribution in [3.8, 4) is 0 Å². The molecule has 6 nitrogen and oxygen atoms in total. The summed E-state index contributed by atoms with van der Waals surface area (Å²) in [5.41, 5.74) is 6.93. The Balaban J connectivity index is 2.52. The first-order valence-corrected chi connectivity index (χ1v) is 6.63. The summed E-state index contributed by atoms with van der Waals surface area (Å²) in [6.07, 6.45) is 0.881. The number of carbonyl (C=O) groups is 2. The summed E-state index contributed by atoms with van der Waals surface area (Å²) in [5, 5.41) is 5.34. The van der Waals surface area contributed by atoms with Crippen LogP contribution < -0.4 is 16.4 Å². The lowest BCUT2D eigenvalue weighted by molar-refractivity contribution is -0.123. The Morgan fingerprint density at radius 3 is 2.30 bits per heavy atom. The predicted octanol–water partition coefficient (Wildman–Crippen LogP) is 0.665. The third kappa shape index (κ3) is 5.71. The lowest BCUT2D eigenvalue weighted by Gasteiger charge is -2.20. The lowest BCUT2D eigenvalue weighted by atomic mass is 10.3. The molecule has 0 spiro atoms. The smallest absolute Gasteiger partial charge is 0.238 e. The zero-order valence-electron chi connectivity index (χ0n) is 12.0. The molecule has 0 fully saturated rings. The van der Waals surface area contributed by atoms with E-state index in [1.54, 1.807) is 31.3 Å². The Morgan fingerprint density at radius 1 is 1.15 bits per heavy atom. The van der Waals surface area contributed by atoms with Crippen LogP contribution in [-0.2, 0) is 9.59 Å². The first kappa shape index (κ1) is 16.0. The van der Waals surface area contributed by atoms with Gasteiger partial charge in [-0.1, -0.05) is 6.92 Å². The number of amides is 2. The average Bonchev–Trinajstić information content (AvgIpc) is 2.41. The number of rotatable bonds is 7. The van der Waals surface area contributed by atoms with Gasteiger partial charge >= 0.3 is 0 Å². The van der Waals surface area contributed by atoms with Crippen molar-refractivity contribution in [2.75, 3.05) is 37.7 Å². The first-order chi connectivity index (χ1) is 9.55. The van der Waals surface area contributed by atoms with Gasteiger partial charge in [-0.15, -0.1) is 0 Å². The van der Waals surface area contributed by atoms with E-state index >= 15 is 0 Å². The maximum Gasteiger partial charge on any atom is 0.238 e. The van der Waals surface area contributed by atoms with Crippen LogP contribution in [0.25, 0.3) is 0 Å². The number of carbonyl (C=O) groups excluding carboxylic acids is 2. The van der Waals surface area contributed by atoms with Gasteiger partial charge < -0.3 is 16.4 Å². The standard InChI is InChI=1S/C14H22N4O2/c1-3-8-18(9-13(19)16-2)10-14(20)17-12-6-4-11(15)5-7-12/h4-7H,3,8-10,15H2,1-2H3,(H,16,19)(H,17,20). The van der Waals surface area contributed by atoms with E-state index in [4.69, 9.17) is 5.73 Å². The van der Waals surface area contributed by atoms with Gasteiger partial charge in [0.25, 0.3) is 0 Å². The van der Waals surface area contributed by atoms with Crippen LogP contribution in [-0.4, -0.2) is 43.4 Å². The fraction of sp³-hybridized carbons (Fsp3) is 0.429. The van der Waals surface area contributed by atoms with Gasteiger partial charge in [0.1, 0.15) is 0 Å². The molecule has 0 radical (unpaired) electrons. The van der Waals surface area contributed by atoms with Crippen molar-refractivity contribution in [2.45, 2.75) is 13.3 Å². The Bertz CT molecular complexity index is 445. The monoisotopic (exact) mass is 278 g/mol. The lowest BCUT2D eigenvalue weighted by Crippen LogP contribution is -2.40. The molecule has 0 aliphatic heterocycles. The van der Waals surface area contributed by atoms with Crippen LogP contribution >= 0.6 is 0 Å². The van der Waals surface area contributed by atoms with Crippen molar-refractivity contribution >= 4 is 23.2 Å². The second kappa shape index (κ2) is 8.16. The minimum absolute atomic E-state index is 0.0984. The van der Waals surface area contributed by atoms with Crippen LogP contribution in [0.3, 0.4) is 0 Å². The van der Waals surface area contributed by atoms with Crippen LogP contribution in [0.2, 0.25) is 0 Å². The minimum Gasteiger partial charge on any atom is -0.399 e. The molecule has 4 N–H and O–H groups in total. The Hall–Kier alpha value is -2.08. The molecule has 0 unspecified atom stereocenters. The van der Waals surface area contributed by atoms with Gasteiger partial charge in [0.15, 0.2) is 0 Å². The van der Waals surface area contributed by atoms with Crippen LogP contribution in [0, 0.1) is 0 Å². The van der Waals surface area contributed by atoms with Gasteiger partial charge in [-0.25, -0.2) is 0 Å². The van der Waals surface area contributed by atoms with Crippen LogP contribution in [0.1, 0.15) is 13.3 Å². The molecule has 1 aromatic carbocycles. The van der Waals surface area contributed by atoms with Crippen LogP contribution in [0.5, 0.6) is 0 Å². The number of hydrogen-bond acceptors (Lipinski definition) is 4. The SMILES string of the molecule is CCCN(CC(=O)NC)CC(=O)Nc1ccc(N)cc1. The van der Waals surface area contributed by atoms with E-state index in [2.05, 4.69) is 10.6 Å². The third-order valence-electron chi connectivity index (χ3n) is 2.75. The van der Waals surface area contributed by atoms with Gasteiger partial charge in [-0.05, 0) is 37.2 Å². The molecule has 1 aromatic rings. The number of likely N-dealkylation sites (N-methyl/N-ethyl adjacent to an activating group) is 1. The van der Waals surface area contributed by atoms with E-state index < -0.39 is 0 Å². The van der Waals surface area contributed by atoms with Crippen LogP contribution in [0.15, 0.2) is 24.3 Å². The second-order valence-corrected chi connectivity index (χ2v) is 4.55. The molecule has 6 heteroatoms. The first-order valence-electron chi connectivity index (χ1n) is 6.63. The molecule has 0 saturated heterocycles. The van der Waals surface area contributed by atoms with Crippen LogP contribution in [0.4, 0.5) is 11.4 Å². The number of nitrogens with two attached hydrogens (primary N) is 1. The van der Waals surface area contributed by atoms with Crippen molar-refractivity contribution in [3.63, 3.8) is 0 Å². The zero-order chi connectivity index (χ0) is 15.0. The van der Waals surface area contributed by atoms with Gasteiger partial charge in [0, 0.05) is 18.4 Å². The normalized spacial score (nSPS) is 10.3. The van der Waals surface area contributed by atoms with Crippen molar-refractivity contribution in [3.05, 3.63) is 24.3 Å². The van der Waals surface area contributed by atoms with E-state index in [0.29, 0.717) is 17.9 Å². The highest BCUT2D eigenvalue weighted by Gasteiger charge is 2.13. The molecule has 0 atom stereocenters. The highest BCUT2D eigenvalue weighted by atomic mass is 16.2. The molecule has 0 heterocycles. The summed E-state index contributed by atoms with van der Waals surface area (Å²) in [5.74, 6) is -0.245. The summed E-state index contributed by atoms with van der Waals surface area (Å²) in [6, 6.07) is 6.94. The number of anilines is 2. The molecule has 2 amide bonds. The number of nitrogens with zero attached hydrogens (tertiary/aromatic N) is 1. The summed E-state index contributed by atoms with van der Waals surface area (Å²) in [4.78, 5) is 25.1. The van der Waals surface area contributed by atoms with E-state index in [9.17, 15) is 9.59 Å². The van der Waals surface area contributed by atoms with Gasteiger partial charge in [0.05, 0.1) is 13.1 Å². The number of nitrogens with one attached hydrogen (secondary N) is 2. The maximum absolute atomic E-state index is 11.9. The Labute approximate surface area is 119 Å². The molecule has 0 aliphatic carbocycles. The maximum atomic E-state index is 11.9. The summed E-state index contributed by atoms with van der Waals surface area (Å²) < 4.78 is 0. The van der Waals surface area contributed by atoms with Gasteiger partial charge in [-0.2, -0.15) is 0 Å². The number of benzene rings is 1. The van der Waals surface area contributed by atoms with E-state index in [1.165, 1.54) is 0 Å². The van der Waals surface area contributed by atoms with Crippen molar-refractivity contribution < 1.29 is 9.59 Å². The Kier molecular flexibility index (Phi) is 6.52. The molecule has 110 valence electrons. The molecular weight excluding hydrogens is 256 g/mol. The van der Waals surface area contributed by atoms with E-state index in [0.717, 1.165) is 6.42 Å². The molecular formula is C14H22N4O2. The quantitative estimate of drug-likeness (QED) is 0.640. The van der Waals surface area contributed by atoms with Gasteiger partial charge in [0.2, 0.25) is 11.8 Å². The second-order valence-electron chi connectivity index (χ2n) is 4.55. The third-order valence-corrected chi connectivity index (χ3v) is 2.75. The predicted molar refractivity (Wildman–Crippen MR) is 80.3 cm³/mol. The topological polar surface area (TPSA) is 87.5 Å². The molecule has 0 saturated carbocycles. The number of hydrogen-bond donors (Lipinski definition) is 3. The molecule has 0 aliphatic rings. The van der Waals surface area contributed by atoms with Crippen molar-refractivity contribution in [1.29, 1.82) is 0 Å². The molecule has 1 rings (SSSR count). The fourth-order valence-electron chi connectivity index (χ4n) is 1.78. The van der Waals surface area contributed by atoms with Crippen molar-refractivity contribution in [2.24, 2.45) is 0 Å². The molecule has 0 aromatic heterocycles. The largest absolute Gasteiger partial charge is 0.399 e. The fourth-order valence-corrected chi connectivity index (χ4v) is 1.78. The van der Waals surface area contributed by atoms with E-state index in [1.807, 2.05) is 11.8 Å².